The molecule has 7 heteroatoms. The smallest absolute Gasteiger partial charge is 0.249 e. The molecule has 4 heterocycles. The molecular weight excluding hydrogens is 380 g/mol. The van der Waals surface area contributed by atoms with Crippen LogP contribution < -0.4 is 0 Å². The molecule has 0 bridgehead atoms. The monoisotopic (exact) mass is 402 g/mol. The Balaban J connectivity index is 1.26. The molecule has 0 N–H and O–H groups in total. The van der Waals surface area contributed by atoms with Crippen molar-refractivity contribution in [2.75, 3.05) is 13.1 Å². The Morgan fingerprint density at radius 3 is 2.93 bits per heavy atom. The number of hydrogen-bond acceptors (Lipinski definition) is 6. The molecule has 5 rings (SSSR count). The minimum absolute atomic E-state index is 0.0531. The number of benzene rings is 1. The van der Waals surface area contributed by atoms with E-state index in [2.05, 4.69) is 15.2 Å². The van der Waals surface area contributed by atoms with Crippen LogP contribution in [-0.2, 0) is 11.2 Å². The molecule has 1 saturated heterocycles. The summed E-state index contributed by atoms with van der Waals surface area (Å²) < 4.78 is 11.5. The Kier molecular flexibility index (Phi) is 4.58. The summed E-state index contributed by atoms with van der Waals surface area (Å²) in [6, 6.07) is 9.88. The molecule has 30 heavy (non-hydrogen) atoms. The van der Waals surface area contributed by atoms with E-state index < -0.39 is 0 Å². The van der Waals surface area contributed by atoms with Crippen LogP contribution >= 0.6 is 0 Å². The predicted octanol–water partition coefficient (Wildman–Crippen LogP) is 4.05. The topological polar surface area (TPSA) is 85.3 Å². The third-order valence-corrected chi connectivity index (χ3v) is 5.64. The Morgan fingerprint density at radius 1 is 1.20 bits per heavy atom. The van der Waals surface area contributed by atoms with Gasteiger partial charge >= 0.3 is 0 Å². The fourth-order valence-electron chi connectivity index (χ4n) is 3.90. The lowest BCUT2D eigenvalue weighted by Gasteiger charge is -2.15. The van der Waals surface area contributed by atoms with E-state index in [1.54, 1.807) is 12.5 Å². The number of likely N-dealkylation sites (tertiary alicyclic amines) is 1. The van der Waals surface area contributed by atoms with Gasteiger partial charge in [0, 0.05) is 35.9 Å². The van der Waals surface area contributed by atoms with Gasteiger partial charge in [-0.15, -0.1) is 10.2 Å². The van der Waals surface area contributed by atoms with E-state index in [1.807, 2.05) is 49.1 Å². The molecule has 0 spiro atoms. The molecule has 7 nitrogen and oxygen atoms in total. The van der Waals surface area contributed by atoms with E-state index in [9.17, 15) is 4.79 Å². The summed E-state index contributed by atoms with van der Waals surface area (Å²) in [4.78, 5) is 19.0. The quantitative estimate of drug-likeness (QED) is 0.512. The lowest BCUT2D eigenvalue weighted by Crippen LogP contribution is -2.29. The fourth-order valence-corrected chi connectivity index (χ4v) is 3.90. The van der Waals surface area contributed by atoms with Crippen molar-refractivity contribution in [3.05, 3.63) is 65.5 Å². The van der Waals surface area contributed by atoms with Gasteiger partial charge in [-0.3, -0.25) is 9.78 Å². The molecule has 1 atom stereocenters. The average molecular weight is 402 g/mol. The Hall–Kier alpha value is -3.48. The predicted molar refractivity (Wildman–Crippen MR) is 111 cm³/mol. The van der Waals surface area contributed by atoms with Crippen molar-refractivity contribution in [2.45, 2.75) is 32.6 Å². The molecule has 152 valence electrons. The van der Waals surface area contributed by atoms with E-state index in [-0.39, 0.29) is 11.8 Å². The van der Waals surface area contributed by atoms with Crippen molar-refractivity contribution in [1.82, 2.24) is 20.1 Å². The maximum atomic E-state index is 12.9. The van der Waals surface area contributed by atoms with Gasteiger partial charge in [0.1, 0.15) is 5.58 Å². The van der Waals surface area contributed by atoms with Crippen LogP contribution in [-0.4, -0.2) is 39.1 Å². The van der Waals surface area contributed by atoms with E-state index in [4.69, 9.17) is 8.83 Å². The number of carbonyl (C=O) groups is 1. The number of aromatic nitrogens is 3. The number of hydrogen-bond donors (Lipinski definition) is 0. The van der Waals surface area contributed by atoms with Crippen LogP contribution in [0.25, 0.3) is 22.4 Å². The van der Waals surface area contributed by atoms with E-state index in [1.165, 1.54) is 0 Å². The summed E-state index contributed by atoms with van der Waals surface area (Å²) in [5.41, 5.74) is 4.61. The van der Waals surface area contributed by atoms with Crippen LogP contribution in [0, 0.1) is 13.8 Å². The molecule has 0 saturated carbocycles. The molecule has 0 unspecified atom stereocenters. The second-order valence-corrected chi connectivity index (χ2v) is 7.90. The summed E-state index contributed by atoms with van der Waals surface area (Å²) in [7, 11) is 0. The van der Waals surface area contributed by atoms with Gasteiger partial charge in [-0.05, 0) is 44.0 Å². The Morgan fingerprint density at radius 2 is 2.10 bits per heavy atom. The standard InChI is InChI=1S/C23H22N4O3/c1-14-3-6-19-18(13-29-20(19)9-14)10-21(28)27-8-7-17(12-27)23-26-25-22(30-23)16-5-4-15(2)24-11-16/h3-6,9,11,13,17H,7-8,10,12H2,1-2H3/t17-/m1/s1. The van der Waals surface area contributed by atoms with Gasteiger partial charge in [-0.25, -0.2) is 0 Å². The number of carbonyl (C=O) groups excluding carboxylic acids is 1. The van der Waals surface area contributed by atoms with Gasteiger partial charge in [0.2, 0.25) is 17.7 Å². The maximum Gasteiger partial charge on any atom is 0.249 e. The highest BCUT2D eigenvalue weighted by atomic mass is 16.4. The zero-order valence-electron chi connectivity index (χ0n) is 17.0. The van der Waals surface area contributed by atoms with Gasteiger partial charge in [0.15, 0.2) is 0 Å². The summed E-state index contributed by atoms with van der Waals surface area (Å²) in [5, 5.41) is 9.38. The first-order valence-electron chi connectivity index (χ1n) is 10.1. The largest absolute Gasteiger partial charge is 0.464 e. The highest BCUT2D eigenvalue weighted by Crippen LogP contribution is 2.30. The zero-order valence-corrected chi connectivity index (χ0v) is 17.0. The molecule has 1 amide bonds. The highest BCUT2D eigenvalue weighted by molar-refractivity contribution is 5.88. The van der Waals surface area contributed by atoms with Gasteiger partial charge in [-0.1, -0.05) is 12.1 Å². The maximum absolute atomic E-state index is 12.9. The van der Waals surface area contributed by atoms with Crippen LogP contribution in [0.3, 0.4) is 0 Å². The minimum atomic E-state index is 0.0531. The highest BCUT2D eigenvalue weighted by Gasteiger charge is 2.31. The molecule has 4 aromatic rings. The minimum Gasteiger partial charge on any atom is -0.464 e. The van der Waals surface area contributed by atoms with Crippen molar-refractivity contribution in [3.8, 4) is 11.5 Å². The van der Waals surface area contributed by atoms with Crippen molar-refractivity contribution >= 4 is 16.9 Å². The second kappa shape index (κ2) is 7.40. The first-order valence-corrected chi connectivity index (χ1v) is 10.1. The number of pyridine rings is 1. The molecule has 1 aliphatic heterocycles. The molecule has 1 aliphatic rings. The van der Waals surface area contributed by atoms with E-state index in [0.29, 0.717) is 31.3 Å². The van der Waals surface area contributed by atoms with Gasteiger partial charge in [-0.2, -0.15) is 0 Å². The lowest BCUT2D eigenvalue weighted by atomic mass is 10.1. The third kappa shape index (κ3) is 3.47. The molecule has 0 aliphatic carbocycles. The van der Waals surface area contributed by atoms with Crippen molar-refractivity contribution < 1.29 is 13.6 Å². The number of furan rings is 1. The first kappa shape index (κ1) is 18.5. The average Bonchev–Trinajstić information content (AvgIpc) is 3.48. The van der Waals surface area contributed by atoms with Crippen molar-refractivity contribution in [3.63, 3.8) is 0 Å². The number of nitrogens with zero attached hydrogens (tertiary/aromatic N) is 4. The first-order chi connectivity index (χ1) is 14.6. The summed E-state index contributed by atoms with van der Waals surface area (Å²) in [5.74, 6) is 1.17. The Labute approximate surface area is 173 Å². The third-order valence-electron chi connectivity index (χ3n) is 5.64. The number of amides is 1. The lowest BCUT2D eigenvalue weighted by molar-refractivity contribution is -0.129. The summed E-state index contributed by atoms with van der Waals surface area (Å²) >= 11 is 0. The summed E-state index contributed by atoms with van der Waals surface area (Å²) in [6.45, 7) is 5.22. The van der Waals surface area contributed by atoms with Gasteiger partial charge in [0.05, 0.1) is 24.2 Å². The molecular formula is C23H22N4O3. The van der Waals surface area contributed by atoms with E-state index >= 15 is 0 Å². The van der Waals surface area contributed by atoms with Gasteiger partial charge < -0.3 is 13.7 Å². The van der Waals surface area contributed by atoms with Crippen LogP contribution in [0.2, 0.25) is 0 Å². The number of fused-ring (bicyclic) bond motifs is 1. The molecule has 0 radical (unpaired) electrons. The Bertz CT molecular complexity index is 1210. The van der Waals surface area contributed by atoms with E-state index in [0.717, 1.165) is 39.8 Å². The van der Waals surface area contributed by atoms with Crippen LogP contribution in [0.15, 0.2) is 51.6 Å². The SMILES string of the molecule is Cc1ccc2c(CC(=O)N3CC[C@@H](c4nnc(-c5ccc(C)nc5)o4)C3)coc2c1. The molecule has 1 aromatic carbocycles. The van der Waals surface area contributed by atoms with Crippen LogP contribution in [0.5, 0.6) is 0 Å². The summed E-state index contributed by atoms with van der Waals surface area (Å²) in [6.07, 6.45) is 4.56. The zero-order chi connectivity index (χ0) is 20.7. The molecule has 3 aromatic heterocycles. The second-order valence-electron chi connectivity index (χ2n) is 7.90. The normalized spacial score (nSPS) is 16.5. The van der Waals surface area contributed by atoms with Crippen molar-refractivity contribution in [2.24, 2.45) is 0 Å². The number of aryl methyl sites for hydroxylation is 2. The van der Waals surface area contributed by atoms with Crippen molar-refractivity contribution in [1.29, 1.82) is 0 Å². The molecule has 1 fully saturated rings. The van der Waals surface area contributed by atoms with Crippen LogP contribution in [0.1, 0.15) is 35.1 Å². The fraction of sp³-hybridized carbons (Fsp3) is 0.304. The van der Waals surface area contributed by atoms with Gasteiger partial charge in [0.25, 0.3) is 0 Å². The van der Waals surface area contributed by atoms with Crippen LogP contribution in [0.4, 0.5) is 0 Å². The number of rotatable bonds is 4.